The highest BCUT2D eigenvalue weighted by atomic mass is 35.5. The van der Waals surface area contributed by atoms with Gasteiger partial charge in [0.2, 0.25) is 0 Å². The third kappa shape index (κ3) is 3.65. The lowest BCUT2D eigenvalue weighted by Crippen LogP contribution is -2.76. The Hall–Kier alpha value is -2.21. The maximum atomic E-state index is 13.1. The molecule has 5 rings (SSSR count). The van der Waals surface area contributed by atoms with Crippen molar-refractivity contribution >= 4 is 35.5 Å². The van der Waals surface area contributed by atoms with E-state index in [4.69, 9.17) is 40.0 Å². The van der Waals surface area contributed by atoms with Crippen molar-refractivity contribution in [3.63, 3.8) is 0 Å². The summed E-state index contributed by atoms with van der Waals surface area (Å²) in [5.74, 6) is -6.60. The highest BCUT2D eigenvalue weighted by molar-refractivity contribution is 6.23. The average molecular weight is 557 g/mol. The fourth-order valence-corrected chi connectivity index (χ4v) is 7.86. The van der Waals surface area contributed by atoms with Crippen molar-refractivity contribution in [2.45, 2.75) is 101 Å². The highest BCUT2D eigenvalue weighted by Gasteiger charge is 2.80. The van der Waals surface area contributed by atoms with Crippen LogP contribution in [-0.4, -0.2) is 82.4 Å². The topological polar surface area (TPSA) is 147 Å². The summed E-state index contributed by atoms with van der Waals surface area (Å²) in [5, 5.41) is 10.9. The molecule has 5 fully saturated rings. The molecule has 1 N–H and O–H groups in total. The van der Waals surface area contributed by atoms with E-state index in [0.717, 1.165) is 0 Å². The molecule has 210 valence electrons. The number of rotatable bonds is 3. The molecule has 4 saturated heterocycles. The molecule has 38 heavy (non-hydrogen) atoms. The van der Waals surface area contributed by atoms with Gasteiger partial charge in [-0.3, -0.25) is 19.2 Å². The van der Waals surface area contributed by atoms with Crippen LogP contribution in [0, 0.1) is 17.3 Å². The zero-order valence-electron chi connectivity index (χ0n) is 22.0. The Balaban J connectivity index is 1.82. The second-order valence-corrected chi connectivity index (χ2v) is 11.9. The Bertz CT molecular complexity index is 1100. The van der Waals surface area contributed by atoms with Crippen molar-refractivity contribution < 1.29 is 52.7 Å². The van der Waals surface area contributed by atoms with E-state index in [1.165, 1.54) is 20.8 Å². The van der Waals surface area contributed by atoms with Crippen molar-refractivity contribution in [3.05, 3.63) is 12.2 Å². The number of epoxide rings is 1. The Morgan fingerprint density at radius 1 is 1.08 bits per heavy atom. The zero-order valence-corrected chi connectivity index (χ0v) is 22.7. The molecule has 1 unspecified atom stereocenters. The third-order valence-corrected chi connectivity index (χ3v) is 9.74. The summed E-state index contributed by atoms with van der Waals surface area (Å²) in [7, 11) is 0. The Morgan fingerprint density at radius 2 is 1.66 bits per heavy atom. The summed E-state index contributed by atoms with van der Waals surface area (Å²) >= 11 is 6.80. The largest absolute Gasteiger partial charge is 0.462 e. The molecule has 1 saturated carbocycles. The van der Waals surface area contributed by atoms with Gasteiger partial charge in [-0.25, -0.2) is 0 Å². The predicted octanol–water partition coefficient (Wildman–Crippen LogP) is 1.55. The van der Waals surface area contributed by atoms with Crippen LogP contribution < -0.4 is 0 Å². The molecule has 0 aromatic carbocycles. The van der Waals surface area contributed by atoms with Gasteiger partial charge in [0.1, 0.15) is 18.3 Å². The van der Waals surface area contributed by atoms with E-state index in [-0.39, 0.29) is 18.6 Å². The van der Waals surface area contributed by atoms with Gasteiger partial charge in [0.05, 0.1) is 28.9 Å². The number of ether oxygens (including phenoxy) is 6. The van der Waals surface area contributed by atoms with Crippen molar-refractivity contribution in [1.29, 1.82) is 0 Å². The van der Waals surface area contributed by atoms with Crippen LogP contribution >= 0.6 is 11.6 Å². The molecule has 2 bridgehead atoms. The summed E-state index contributed by atoms with van der Waals surface area (Å²) in [6, 6.07) is 0. The number of aliphatic hydroxyl groups is 1. The van der Waals surface area contributed by atoms with Gasteiger partial charge < -0.3 is 33.5 Å². The maximum Gasteiger partial charge on any atom is 0.312 e. The molecule has 0 amide bonds. The average Bonchev–Trinajstić information content (AvgIpc) is 3.53. The molecule has 12 heteroatoms. The van der Waals surface area contributed by atoms with E-state index < -0.39 is 87.9 Å². The molecule has 11 nitrogen and oxygen atoms in total. The zero-order chi connectivity index (χ0) is 28.0. The standard InChI is InChI=1S/C26H33ClO11/c1-11-18(27)20-26(12(2)22(31)37-20)21(36-15(5)30)19-23(6,17(35-14(4)29)9-25(11,32)38-26)16(34-13(3)28)7-8-24(19)10-33-24/h12,16-21,32H,1,7-10H2,2-6H3/t12-,16-,17-,18-,19+,20-,21-,23+,24-,25?,26-/m0/s1. The predicted molar refractivity (Wildman–Crippen MR) is 127 cm³/mol. The molecule has 0 aromatic heterocycles. The van der Waals surface area contributed by atoms with E-state index in [1.54, 1.807) is 13.8 Å². The number of fused-ring (bicyclic) bond motifs is 3. The van der Waals surface area contributed by atoms with Gasteiger partial charge in [0, 0.05) is 38.7 Å². The van der Waals surface area contributed by atoms with Crippen LogP contribution in [0.5, 0.6) is 0 Å². The smallest absolute Gasteiger partial charge is 0.312 e. The number of alkyl halides is 1. The Kier molecular flexibility index (Phi) is 6.22. The van der Waals surface area contributed by atoms with Crippen molar-refractivity contribution in [2.24, 2.45) is 17.3 Å². The van der Waals surface area contributed by atoms with Gasteiger partial charge in [0.25, 0.3) is 0 Å². The first-order chi connectivity index (χ1) is 17.6. The highest BCUT2D eigenvalue weighted by Crippen LogP contribution is 2.66. The van der Waals surface area contributed by atoms with Gasteiger partial charge in [-0.2, -0.15) is 0 Å². The van der Waals surface area contributed by atoms with Gasteiger partial charge in [-0.05, 0) is 19.8 Å². The first-order valence-corrected chi connectivity index (χ1v) is 13.2. The van der Waals surface area contributed by atoms with Crippen LogP contribution in [0.15, 0.2) is 12.2 Å². The third-order valence-electron chi connectivity index (χ3n) is 9.25. The summed E-state index contributed by atoms with van der Waals surface area (Å²) < 4.78 is 35.9. The normalized spacial score (nSPS) is 49.1. The first kappa shape index (κ1) is 27.4. The minimum absolute atomic E-state index is 0.000278. The van der Waals surface area contributed by atoms with Crippen LogP contribution in [0.3, 0.4) is 0 Å². The fraction of sp³-hybridized carbons (Fsp3) is 0.769. The van der Waals surface area contributed by atoms with Crippen LogP contribution in [0.2, 0.25) is 0 Å². The maximum absolute atomic E-state index is 13.1. The molecular weight excluding hydrogens is 524 g/mol. The van der Waals surface area contributed by atoms with E-state index in [0.29, 0.717) is 12.8 Å². The van der Waals surface area contributed by atoms with Crippen molar-refractivity contribution in [3.8, 4) is 0 Å². The lowest BCUT2D eigenvalue weighted by atomic mass is 9.51. The molecule has 1 aliphatic carbocycles. The van der Waals surface area contributed by atoms with Crippen LogP contribution in [-0.2, 0) is 47.6 Å². The van der Waals surface area contributed by atoms with Crippen molar-refractivity contribution in [2.75, 3.05) is 6.61 Å². The number of hydrogen-bond donors (Lipinski definition) is 1. The van der Waals surface area contributed by atoms with Gasteiger partial charge >= 0.3 is 23.9 Å². The summed E-state index contributed by atoms with van der Waals surface area (Å²) in [5.41, 5.74) is -3.90. The minimum Gasteiger partial charge on any atom is -0.462 e. The van der Waals surface area contributed by atoms with E-state index in [9.17, 15) is 24.3 Å². The van der Waals surface area contributed by atoms with Crippen molar-refractivity contribution in [1.82, 2.24) is 0 Å². The molecule has 4 aliphatic heterocycles. The number of halogens is 1. The Morgan fingerprint density at radius 3 is 2.21 bits per heavy atom. The monoisotopic (exact) mass is 556 g/mol. The number of carbonyl (C=O) groups is 4. The molecule has 11 atom stereocenters. The Labute approximate surface area is 225 Å². The van der Waals surface area contributed by atoms with Crippen LogP contribution in [0.4, 0.5) is 0 Å². The number of esters is 4. The fourth-order valence-electron chi connectivity index (χ4n) is 7.44. The molecule has 4 heterocycles. The number of hydrogen-bond acceptors (Lipinski definition) is 11. The summed E-state index contributed by atoms with van der Waals surface area (Å²) in [4.78, 5) is 50.4. The van der Waals surface area contributed by atoms with E-state index >= 15 is 0 Å². The molecule has 0 radical (unpaired) electrons. The van der Waals surface area contributed by atoms with E-state index in [2.05, 4.69) is 6.58 Å². The van der Waals surface area contributed by atoms with Gasteiger partial charge in [0.15, 0.2) is 17.5 Å². The summed E-state index contributed by atoms with van der Waals surface area (Å²) in [6.45, 7) is 11.3. The quantitative estimate of drug-likeness (QED) is 0.177. The van der Waals surface area contributed by atoms with Gasteiger partial charge in [-0.15, -0.1) is 11.6 Å². The lowest BCUT2D eigenvalue weighted by molar-refractivity contribution is -0.353. The van der Waals surface area contributed by atoms with Crippen LogP contribution in [0.1, 0.15) is 53.9 Å². The molecule has 0 aromatic rings. The van der Waals surface area contributed by atoms with Crippen LogP contribution in [0.25, 0.3) is 0 Å². The second kappa shape index (κ2) is 8.64. The second-order valence-electron chi connectivity index (χ2n) is 11.4. The minimum atomic E-state index is -2.21. The molecule has 2 spiro atoms. The van der Waals surface area contributed by atoms with E-state index in [1.807, 2.05) is 0 Å². The molecular formula is C26H33ClO11. The number of carbonyl (C=O) groups excluding carboxylic acids is 4. The SMILES string of the molecule is C=C1[C@H](Cl)[C@@H]2OC(=O)[C@H](C)[C@]23OC1(O)C[C@H](OC(C)=O)[C@@]1(C)[C@@H](OC(C)=O)CC[C@]2(CO2)[C@@H]1[C@@H]3OC(C)=O. The first-order valence-electron chi connectivity index (χ1n) is 12.7. The van der Waals surface area contributed by atoms with Gasteiger partial charge in [-0.1, -0.05) is 13.5 Å². The summed E-state index contributed by atoms with van der Waals surface area (Å²) in [6.07, 6.45) is -3.94. The lowest BCUT2D eigenvalue weighted by Gasteiger charge is -2.62. The molecule has 5 aliphatic rings.